The minimum absolute atomic E-state index is 0.0587. The van der Waals surface area contributed by atoms with Crippen LogP contribution in [-0.4, -0.2) is 24.0 Å². The number of thiazole rings is 1. The second-order valence-electron chi connectivity index (χ2n) is 5.87. The van der Waals surface area contributed by atoms with E-state index in [1.54, 1.807) is 18.2 Å². The average molecular weight is 393 g/mol. The van der Waals surface area contributed by atoms with Crippen LogP contribution in [0.25, 0.3) is 20.8 Å². The minimum Gasteiger partial charge on any atom is -0.463 e. The van der Waals surface area contributed by atoms with Gasteiger partial charge in [-0.25, -0.2) is 14.6 Å². The van der Waals surface area contributed by atoms with Crippen LogP contribution in [0.2, 0.25) is 0 Å². The number of benzene rings is 2. The topological polar surface area (TPSA) is 78.6 Å². The fraction of sp³-hybridized carbons (Fsp3) is 0.0952. The SMILES string of the molecule is COC(=O)c1ccc(COC(=O)c2ccccc2-c2nc3ccccc3s2)o1. The highest BCUT2D eigenvalue weighted by Crippen LogP contribution is 2.32. The van der Waals surface area contributed by atoms with Crippen LogP contribution in [0.4, 0.5) is 0 Å². The molecule has 0 aliphatic carbocycles. The van der Waals surface area contributed by atoms with E-state index in [1.807, 2.05) is 36.4 Å². The van der Waals surface area contributed by atoms with Gasteiger partial charge < -0.3 is 13.9 Å². The number of hydrogen-bond donors (Lipinski definition) is 0. The molecule has 0 aliphatic rings. The number of hydrogen-bond acceptors (Lipinski definition) is 7. The molecule has 4 rings (SSSR count). The molecule has 0 saturated heterocycles. The smallest absolute Gasteiger partial charge is 0.373 e. The summed E-state index contributed by atoms with van der Waals surface area (Å²) in [5.41, 5.74) is 2.02. The Morgan fingerprint density at radius 3 is 2.61 bits per heavy atom. The van der Waals surface area contributed by atoms with Gasteiger partial charge in [-0.3, -0.25) is 0 Å². The maximum absolute atomic E-state index is 12.6. The molecule has 0 N–H and O–H groups in total. The molecule has 0 unspecified atom stereocenters. The van der Waals surface area contributed by atoms with E-state index in [1.165, 1.54) is 24.5 Å². The van der Waals surface area contributed by atoms with Gasteiger partial charge in [0.05, 0.1) is 22.9 Å². The standard InChI is InChI=1S/C21H15NO5S/c1-25-21(24)17-11-10-13(27-17)12-26-20(23)15-7-3-2-6-14(15)19-22-16-8-4-5-9-18(16)28-19/h2-11H,12H2,1H3. The minimum atomic E-state index is -0.584. The molecule has 0 fully saturated rings. The molecule has 0 aliphatic heterocycles. The average Bonchev–Trinajstić information content (AvgIpc) is 3.38. The van der Waals surface area contributed by atoms with Crippen molar-refractivity contribution >= 4 is 33.5 Å². The van der Waals surface area contributed by atoms with Crippen molar-refractivity contribution in [2.45, 2.75) is 6.61 Å². The molecule has 28 heavy (non-hydrogen) atoms. The van der Waals surface area contributed by atoms with Gasteiger partial charge in [0, 0.05) is 5.56 Å². The normalized spacial score (nSPS) is 10.8. The molecule has 0 radical (unpaired) electrons. The highest BCUT2D eigenvalue weighted by atomic mass is 32.1. The van der Waals surface area contributed by atoms with Gasteiger partial charge in [-0.1, -0.05) is 30.3 Å². The van der Waals surface area contributed by atoms with Crippen LogP contribution in [0.15, 0.2) is 65.1 Å². The number of nitrogens with zero attached hydrogens (tertiary/aromatic N) is 1. The molecule has 2 aromatic heterocycles. The fourth-order valence-corrected chi connectivity index (χ4v) is 3.72. The van der Waals surface area contributed by atoms with Crippen molar-refractivity contribution in [1.29, 1.82) is 0 Å². The van der Waals surface area contributed by atoms with Gasteiger partial charge in [0.2, 0.25) is 5.76 Å². The van der Waals surface area contributed by atoms with E-state index in [0.29, 0.717) is 16.9 Å². The first kappa shape index (κ1) is 17.9. The van der Waals surface area contributed by atoms with Crippen molar-refractivity contribution < 1.29 is 23.5 Å². The number of aromatic nitrogens is 1. The molecule has 4 aromatic rings. The van der Waals surface area contributed by atoms with Crippen LogP contribution in [0.1, 0.15) is 26.7 Å². The maximum Gasteiger partial charge on any atom is 0.373 e. The molecule has 0 atom stereocenters. The quantitative estimate of drug-likeness (QED) is 0.457. The van der Waals surface area contributed by atoms with E-state index in [2.05, 4.69) is 9.72 Å². The number of ether oxygens (including phenoxy) is 2. The number of esters is 2. The van der Waals surface area contributed by atoms with Crippen molar-refractivity contribution in [3.05, 3.63) is 77.7 Å². The first-order valence-corrected chi connectivity index (χ1v) is 9.26. The molecule has 0 spiro atoms. The van der Waals surface area contributed by atoms with Crippen molar-refractivity contribution in [3.8, 4) is 10.6 Å². The first-order valence-electron chi connectivity index (χ1n) is 8.45. The van der Waals surface area contributed by atoms with Crippen LogP contribution in [0.3, 0.4) is 0 Å². The summed E-state index contributed by atoms with van der Waals surface area (Å²) in [4.78, 5) is 28.7. The lowest BCUT2D eigenvalue weighted by Crippen LogP contribution is -2.06. The summed E-state index contributed by atoms with van der Waals surface area (Å²) in [5, 5.41) is 0.750. The molecule has 0 saturated carbocycles. The molecule has 7 heteroatoms. The Bertz CT molecular complexity index is 1130. The van der Waals surface area contributed by atoms with Gasteiger partial charge in [0.15, 0.2) is 0 Å². The Morgan fingerprint density at radius 2 is 1.79 bits per heavy atom. The summed E-state index contributed by atoms with van der Waals surface area (Å²) in [6, 6.07) is 18.0. The first-order chi connectivity index (χ1) is 13.7. The number of carbonyl (C=O) groups is 2. The largest absolute Gasteiger partial charge is 0.463 e. The molecular formula is C21H15NO5S. The predicted molar refractivity (Wildman–Crippen MR) is 104 cm³/mol. The Labute approximate surface area is 164 Å². The van der Waals surface area contributed by atoms with Gasteiger partial charge in [-0.15, -0.1) is 11.3 Å². The molecule has 2 aromatic carbocycles. The van der Waals surface area contributed by atoms with Gasteiger partial charge in [-0.2, -0.15) is 0 Å². The van der Waals surface area contributed by atoms with Crippen molar-refractivity contribution in [2.75, 3.05) is 7.11 Å². The third-order valence-electron chi connectivity index (χ3n) is 4.07. The van der Waals surface area contributed by atoms with E-state index in [-0.39, 0.29) is 12.4 Å². The van der Waals surface area contributed by atoms with Crippen LogP contribution >= 0.6 is 11.3 Å². The van der Waals surface area contributed by atoms with E-state index in [4.69, 9.17) is 9.15 Å². The van der Waals surface area contributed by atoms with Crippen LogP contribution in [0, 0.1) is 0 Å². The summed E-state index contributed by atoms with van der Waals surface area (Å²) in [5.74, 6) is -0.667. The Balaban J connectivity index is 1.55. The Morgan fingerprint density at radius 1 is 1.00 bits per heavy atom. The Hall–Kier alpha value is -3.45. The van der Waals surface area contributed by atoms with Gasteiger partial charge in [0.25, 0.3) is 0 Å². The molecule has 0 bridgehead atoms. The van der Waals surface area contributed by atoms with Crippen molar-refractivity contribution in [2.24, 2.45) is 0 Å². The number of fused-ring (bicyclic) bond motifs is 1. The van der Waals surface area contributed by atoms with Crippen molar-refractivity contribution in [3.63, 3.8) is 0 Å². The third kappa shape index (κ3) is 3.52. The molecule has 0 amide bonds. The van der Waals surface area contributed by atoms with E-state index in [9.17, 15) is 9.59 Å². The Kier molecular flexibility index (Phi) is 4.90. The zero-order valence-corrected chi connectivity index (χ0v) is 15.7. The lowest BCUT2D eigenvalue weighted by molar-refractivity contribution is 0.0439. The van der Waals surface area contributed by atoms with E-state index >= 15 is 0 Å². The summed E-state index contributed by atoms with van der Waals surface area (Å²) >= 11 is 1.52. The molecule has 2 heterocycles. The van der Waals surface area contributed by atoms with Crippen LogP contribution < -0.4 is 0 Å². The predicted octanol–water partition coefficient (Wildman–Crippen LogP) is 4.70. The lowest BCUT2D eigenvalue weighted by Gasteiger charge is -2.07. The second kappa shape index (κ2) is 7.66. The third-order valence-corrected chi connectivity index (χ3v) is 5.13. The number of furan rings is 1. The van der Waals surface area contributed by atoms with Gasteiger partial charge in [0.1, 0.15) is 17.4 Å². The van der Waals surface area contributed by atoms with E-state index < -0.39 is 11.9 Å². The molecule has 140 valence electrons. The number of carbonyl (C=O) groups excluding carboxylic acids is 2. The molecule has 6 nitrogen and oxygen atoms in total. The lowest BCUT2D eigenvalue weighted by atomic mass is 10.1. The van der Waals surface area contributed by atoms with Crippen molar-refractivity contribution in [1.82, 2.24) is 4.98 Å². The maximum atomic E-state index is 12.6. The summed E-state index contributed by atoms with van der Waals surface area (Å²) in [6.45, 7) is -0.0932. The second-order valence-corrected chi connectivity index (χ2v) is 6.90. The summed E-state index contributed by atoms with van der Waals surface area (Å²) in [7, 11) is 1.27. The zero-order valence-electron chi connectivity index (χ0n) is 14.9. The highest BCUT2D eigenvalue weighted by molar-refractivity contribution is 7.21. The van der Waals surface area contributed by atoms with Crippen LogP contribution in [-0.2, 0) is 16.1 Å². The van der Waals surface area contributed by atoms with Crippen LogP contribution in [0.5, 0.6) is 0 Å². The number of rotatable bonds is 5. The summed E-state index contributed by atoms with van der Waals surface area (Å²) < 4.78 is 16.3. The fourth-order valence-electron chi connectivity index (χ4n) is 2.72. The highest BCUT2D eigenvalue weighted by Gasteiger charge is 2.18. The summed E-state index contributed by atoms with van der Waals surface area (Å²) in [6.07, 6.45) is 0. The van der Waals surface area contributed by atoms with Gasteiger partial charge in [-0.05, 0) is 30.3 Å². The van der Waals surface area contributed by atoms with E-state index in [0.717, 1.165) is 15.2 Å². The monoisotopic (exact) mass is 393 g/mol. The number of methoxy groups -OCH3 is 1. The molecular weight excluding hydrogens is 378 g/mol. The zero-order chi connectivity index (χ0) is 19.5. The number of para-hydroxylation sites is 1. The van der Waals surface area contributed by atoms with Gasteiger partial charge >= 0.3 is 11.9 Å².